The predicted molar refractivity (Wildman–Crippen MR) is 89.2 cm³/mol. The Morgan fingerprint density at radius 1 is 1.13 bits per heavy atom. The minimum absolute atomic E-state index is 0.0936. The highest BCUT2D eigenvalue weighted by Crippen LogP contribution is 2.08. The Labute approximate surface area is 134 Å². The van der Waals surface area contributed by atoms with E-state index in [1.54, 1.807) is 25.1 Å². The first kappa shape index (κ1) is 16.4. The molecule has 1 heterocycles. The minimum atomic E-state index is -0.413. The first-order chi connectivity index (χ1) is 11.0. The number of hydrogen-bond acceptors (Lipinski definition) is 4. The molecular weight excluding hydrogens is 292 g/mol. The zero-order valence-corrected chi connectivity index (χ0v) is 13.0. The van der Waals surface area contributed by atoms with Crippen LogP contribution in [0.3, 0.4) is 0 Å². The van der Waals surface area contributed by atoms with Gasteiger partial charge in [-0.05, 0) is 38.1 Å². The van der Waals surface area contributed by atoms with Crippen LogP contribution in [0.5, 0.6) is 0 Å². The van der Waals surface area contributed by atoms with Crippen molar-refractivity contribution < 1.29 is 9.59 Å². The molecule has 0 spiro atoms. The average Bonchev–Trinajstić information content (AvgIpc) is 2.55. The standard InChI is InChI=1S/C17H18N4O2/c1-12-6-8-14(9-7-12)19-16(22)11-13(2)20-21-17(23)15-5-3-4-10-18-15/h3-10H,11H2,1-2H3,(H,19,22)(H,21,23)/b20-13+. The smallest absolute Gasteiger partial charge is 0.289 e. The van der Waals surface area contributed by atoms with E-state index >= 15 is 0 Å². The van der Waals surface area contributed by atoms with Crippen molar-refractivity contribution in [2.75, 3.05) is 5.32 Å². The maximum absolute atomic E-state index is 11.9. The number of nitrogens with zero attached hydrogens (tertiary/aromatic N) is 2. The number of benzene rings is 1. The fourth-order valence-electron chi connectivity index (χ4n) is 1.81. The topological polar surface area (TPSA) is 83.5 Å². The third-order valence-electron chi connectivity index (χ3n) is 3.00. The molecule has 0 atom stereocenters. The van der Waals surface area contributed by atoms with E-state index in [1.807, 2.05) is 31.2 Å². The lowest BCUT2D eigenvalue weighted by Crippen LogP contribution is -2.22. The van der Waals surface area contributed by atoms with Crippen molar-refractivity contribution in [3.8, 4) is 0 Å². The Bertz CT molecular complexity index is 709. The molecule has 0 saturated carbocycles. The molecule has 0 fully saturated rings. The van der Waals surface area contributed by atoms with Gasteiger partial charge in [-0.15, -0.1) is 0 Å². The number of amides is 2. The molecule has 1 aromatic heterocycles. The maximum atomic E-state index is 11.9. The van der Waals surface area contributed by atoms with E-state index in [1.165, 1.54) is 6.20 Å². The summed E-state index contributed by atoms with van der Waals surface area (Å²) >= 11 is 0. The van der Waals surface area contributed by atoms with Crippen molar-refractivity contribution in [1.29, 1.82) is 0 Å². The SMILES string of the molecule is C/C(CC(=O)Nc1ccc(C)cc1)=N\NC(=O)c1ccccn1. The lowest BCUT2D eigenvalue weighted by molar-refractivity contribution is -0.115. The van der Waals surface area contributed by atoms with Crippen LogP contribution in [-0.4, -0.2) is 22.5 Å². The number of nitrogens with one attached hydrogen (secondary N) is 2. The fraction of sp³-hybridized carbons (Fsp3) is 0.176. The van der Waals surface area contributed by atoms with Crippen LogP contribution in [0.2, 0.25) is 0 Å². The van der Waals surface area contributed by atoms with E-state index in [4.69, 9.17) is 0 Å². The molecule has 0 aliphatic rings. The summed E-state index contributed by atoms with van der Waals surface area (Å²) in [5.41, 5.74) is 5.00. The molecule has 2 aromatic rings. The summed E-state index contributed by atoms with van der Waals surface area (Å²) in [6.45, 7) is 3.65. The maximum Gasteiger partial charge on any atom is 0.289 e. The number of aromatic nitrogens is 1. The van der Waals surface area contributed by atoms with Gasteiger partial charge in [0.2, 0.25) is 5.91 Å². The van der Waals surface area contributed by atoms with Crippen LogP contribution in [-0.2, 0) is 4.79 Å². The van der Waals surface area contributed by atoms with Crippen LogP contribution in [0, 0.1) is 6.92 Å². The molecule has 6 heteroatoms. The Hall–Kier alpha value is -3.02. The number of anilines is 1. The highest BCUT2D eigenvalue weighted by Gasteiger charge is 2.07. The lowest BCUT2D eigenvalue weighted by atomic mass is 10.2. The van der Waals surface area contributed by atoms with E-state index < -0.39 is 5.91 Å². The molecule has 0 bridgehead atoms. The van der Waals surface area contributed by atoms with Gasteiger partial charge in [0.25, 0.3) is 5.91 Å². The third-order valence-corrected chi connectivity index (χ3v) is 3.00. The molecule has 6 nitrogen and oxygen atoms in total. The van der Waals surface area contributed by atoms with Gasteiger partial charge in [-0.25, -0.2) is 5.43 Å². The molecule has 2 amide bonds. The highest BCUT2D eigenvalue weighted by atomic mass is 16.2. The molecule has 0 radical (unpaired) electrons. The summed E-state index contributed by atoms with van der Waals surface area (Å²) < 4.78 is 0. The quantitative estimate of drug-likeness (QED) is 0.657. The molecule has 2 N–H and O–H groups in total. The van der Waals surface area contributed by atoms with E-state index in [9.17, 15) is 9.59 Å². The van der Waals surface area contributed by atoms with Gasteiger partial charge >= 0.3 is 0 Å². The van der Waals surface area contributed by atoms with Crippen LogP contribution in [0.4, 0.5) is 5.69 Å². The molecule has 0 unspecified atom stereocenters. The van der Waals surface area contributed by atoms with Crippen molar-refractivity contribution >= 4 is 23.2 Å². The van der Waals surface area contributed by atoms with Gasteiger partial charge in [-0.2, -0.15) is 5.10 Å². The lowest BCUT2D eigenvalue weighted by Gasteiger charge is -2.06. The van der Waals surface area contributed by atoms with Gasteiger partial charge in [0.05, 0.1) is 6.42 Å². The van der Waals surface area contributed by atoms with Gasteiger partial charge in [-0.3, -0.25) is 14.6 Å². The molecule has 118 valence electrons. The van der Waals surface area contributed by atoms with E-state index in [-0.39, 0.29) is 18.0 Å². The van der Waals surface area contributed by atoms with Crippen LogP contribution in [0.15, 0.2) is 53.8 Å². The molecule has 0 saturated heterocycles. The molecule has 2 rings (SSSR count). The minimum Gasteiger partial charge on any atom is -0.326 e. The van der Waals surface area contributed by atoms with Crippen LogP contribution >= 0.6 is 0 Å². The summed E-state index contributed by atoms with van der Waals surface area (Å²) in [5.74, 6) is -0.605. The highest BCUT2D eigenvalue weighted by molar-refractivity contribution is 6.06. The number of hydrogen-bond donors (Lipinski definition) is 2. The third kappa shape index (κ3) is 5.35. The van der Waals surface area contributed by atoms with Gasteiger partial charge < -0.3 is 5.32 Å². The normalized spacial score (nSPS) is 11.0. The first-order valence-corrected chi connectivity index (χ1v) is 7.15. The molecular formula is C17H18N4O2. The van der Waals surface area contributed by atoms with Crippen molar-refractivity contribution in [1.82, 2.24) is 10.4 Å². The number of carbonyl (C=O) groups excluding carboxylic acids is 2. The largest absolute Gasteiger partial charge is 0.326 e. The summed E-state index contributed by atoms with van der Waals surface area (Å²) in [5, 5.41) is 6.69. The number of rotatable bonds is 5. The second kappa shape index (κ2) is 7.84. The summed E-state index contributed by atoms with van der Waals surface area (Å²) in [6, 6.07) is 12.5. The first-order valence-electron chi connectivity index (χ1n) is 7.15. The second-order valence-electron chi connectivity index (χ2n) is 5.09. The van der Waals surface area contributed by atoms with Crippen LogP contribution in [0.1, 0.15) is 29.4 Å². The van der Waals surface area contributed by atoms with E-state index in [2.05, 4.69) is 20.8 Å². The molecule has 0 aliphatic heterocycles. The zero-order valence-electron chi connectivity index (χ0n) is 13.0. The van der Waals surface area contributed by atoms with E-state index in [0.717, 1.165) is 11.3 Å². The Morgan fingerprint density at radius 3 is 2.52 bits per heavy atom. The van der Waals surface area contributed by atoms with Gasteiger partial charge in [0.1, 0.15) is 5.69 Å². The van der Waals surface area contributed by atoms with Crippen molar-refractivity contribution in [3.05, 3.63) is 59.9 Å². The summed E-state index contributed by atoms with van der Waals surface area (Å²) in [6.07, 6.45) is 1.62. The monoisotopic (exact) mass is 310 g/mol. The molecule has 0 aliphatic carbocycles. The molecule has 23 heavy (non-hydrogen) atoms. The van der Waals surface area contributed by atoms with Gasteiger partial charge in [-0.1, -0.05) is 23.8 Å². The Kier molecular flexibility index (Phi) is 5.57. The predicted octanol–water partition coefficient (Wildman–Crippen LogP) is 2.52. The number of aryl methyl sites for hydroxylation is 1. The number of carbonyl (C=O) groups is 2. The van der Waals surface area contributed by atoms with Crippen molar-refractivity contribution in [3.63, 3.8) is 0 Å². The average molecular weight is 310 g/mol. The molecule has 1 aromatic carbocycles. The number of pyridine rings is 1. The Morgan fingerprint density at radius 2 is 1.87 bits per heavy atom. The number of hydrazone groups is 1. The zero-order chi connectivity index (χ0) is 16.7. The van der Waals surface area contributed by atoms with Gasteiger partial charge in [0, 0.05) is 17.6 Å². The summed E-state index contributed by atoms with van der Waals surface area (Å²) in [4.78, 5) is 27.6. The van der Waals surface area contributed by atoms with Crippen LogP contribution in [0.25, 0.3) is 0 Å². The second-order valence-corrected chi connectivity index (χ2v) is 5.09. The fourth-order valence-corrected chi connectivity index (χ4v) is 1.81. The summed E-state index contributed by atoms with van der Waals surface area (Å²) in [7, 11) is 0. The van der Waals surface area contributed by atoms with Crippen molar-refractivity contribution in [2.24, 2.45) is 5.10 Å². The Balaban J connectivity index is 1.85. The van der Waals surface area contributed by atoms with Gasteiger partial charge in [0.15, 0.2) is 0 Å². The van der Waals surface area contributed by atoms with Crippen LogP contribution < -0.4 is 10.7 Å². The van der Waals surface area contributed by atoms with Crippen molar-refractivity contribution in [2.45, 2.75) is 20.3 Å². The van der Waals surface area contributed by atoms with E-state index in [0.29, 0.717) is 5.71 Å².